The number of nitrogens with one attached hydrogen (secondary N) is 1. The lowest BCUT2D eigenvalue weighted by atomic mass is 9.93. The quantitative estimate of drug-likeness (QED) is 0.902. The van der Waals surface area contributed by atoms with Crippen LogP contribution in [0, 0.1) is 5.92 Å². The molecule has 2 heterocycles. The van der Waals surface area contributed by atoms with E-state index >= 15 is 0 Å². The van der Waals surface area contributed by atoms with Gasteiger partial charge in [-0.25, -0.2) is 0 Å². The molecule has 0 radical (unpaired) electrons. The Morgan fingerprint density at radius 1 is 1.11 bits per heavy atom. The topological polar surface area (TPSA) is 33.7 Å². The first kappa shape index (κ1) is 12.6. The van der Waals surface area contributed by atoms with Crippen molar-refractivity contribution in [2.75, 3.05) is 38.8 Å². The zero-order valence-corrected chi connectivity index (χ0v) is 11.7. The van der Waals surface area contributed by atoms with E-state index in [9.17, 15) is 0 Å². The summed E-state index contributed by atoms with van der Waals surface area (Å²) < 4.78 is 10.7. The van der Waals surface area contributed by atoms with Crippen LogP contribution in [0.15, 0.2) is 18.2 Å². The van der Waals surface area contributed by atoms with Crippen LogP contribution in [0.1, 0.15) is 12.8 Å². The first-order chi connectivity index (χ1) is 9.30. The lowest BCUT2D eigenvalue weighted by molar-refractivity contribution is 0.373. The number of nitrogens with zero attached hydrogens (tertiary/aromatic N) is 1. The summed E-state index contributed by atoms with van der Waals surface area (Å²) in [7, 11) is 3.40. The molecule has 1 aromatic carbocycles. The van der Waals surface area contributed by atoms with E-state index < -0.39 is 0 Å². The predicted octanol–water partition coefficient (Wildman–Crippen LogP) is 1.89. The number of piperidine rings is 1. The smallest absolute Gasteiger partial charge is 0.124 e. The molecule has 0 bridgehead atoms. The Bertz CT molecular complexity index is 428. The second kappa shape index (κ2) is 5.29. The second-order valence-electron chi connectivity index (χ2n) is 5.41. The summed E-state index contributed by atoms with van der Waals surface area (Å²) in [4.78, 5) is 2.46. The molecule has 0 spiro atoms. The van der Waals surface area contributed by atoms with Gasteiger partial charge in [0.2, 0.25) is 0 Å². The molecular formula is C15H22N2O2. The van der Waals surface area contributed by atoms with E-state index in [1.807, 2.05) is 6.07 Å². The third-order valence-corrected chi connectivity index (χ3v) is 4.36. The first-order valence-electron chi connectivity index (χ1n) is 7.01. The minimum Gasteiger partial charge on any atom is -0.497 e. The van der Waals surface area contributed by atoms with Crippen LogP contribution in [0.3, 0.4) is 0 Å². The standard InChI is InChI=1S/C15H22N2O2/c1-18-13-7-12(8-14(9-13)19-2)17-6-4-15-11(10-17)3-5-16-15/h7-9,11,15-16H,3-6,10H2,1-2H3. The molecule has 2 saturated heterocycles. The second-order valence-corrected chi connectivity index (χ2v) is 5.41. The van der Waals surface area contributed by atoms with Crippen LogP contribution in [-0.2, 0) is 0 Å². The third kappa shape index (κ3) is 2.50. The Labute approximate surface area is 114 Å². The molecule has 0 saturated carbocycles. The molecule has 2 atom stereocenters. The molecule has 2 fully saturated rings. The Hall–Kier alpha value is -1.42. The van der Waals surface area contributed by atoms with Gasteiger partial charge >= 0.3 is 0 Å². The van der Waals surface area contributed by atoms with E-state index in [4.69, 9.17) is 9.47 Å². The summed E-state index contributed by atoms with van der Waals surface area (Å²) in [5.74, 6) is 2.51. The Balaban J connectivity index is 1.81. The lowest BCUT2D eigenvalue weighted by Gasteiger charge is -2.36. The van der Waals surface area contributed by atoms with Crippen molar-refractivity contribution in [1.82, 2.24) is 5.32 Å². The van der Waals surface area contributed by atoms with Crippen molar-refractivity contribution in [3.63, 3.8) is 0 Å². The van der Waals surface area contributed by atoms with Gasteiger partial charge in [0.25, 0.3) is 0 Å². The van der Waals surface area contributed by atoms with Crippen LogP contribution in [-0.4, -0.2) is 39.9 Å². The minimum atomic E-state index is 0.726. The number of rotatable bonds is 3. The molecule has 104 valence electrons. The number of benzene rings is 1. The van der Waals surface area contributed by atoms with Gasteiger partial charge in [-0.2, -0.15) is 0 Å². The molecule has 0 aromatic heterocycles. The summed E-state index contributed by atoms with van der Waals surface area (Å²) in [5, 5.41) is 3.60. The third-order valence-electron chi connectivity index (χ3n) is 4.36. The molecule has 3 rings (SSSR count). The van der Waals surface area contributed by atoms with Gasteiger partial charge in [-0.15, -0.1) is 0 Å². The monoisotopic (exact) mass is 262 g/mol. The Morgan fingerprint density at radius 2 is 1.84 bits per heavy atom. The SMILES string of the molecule is COc1cc(OC)cc(N2CCC3NCCC3C2)c1. The number of hydrogen-bond donors (Lipinski definition) is 1. The molecule has 19 heavy (non-hydrogen) atoms. The van der Waals surface area contributed by atoms with Crippen LogP contribution in [0.2, 0.25) is 0 Å². The van der Waals surface area contributed by atoms with Crippen molar-refractivity contribution < 1.29 is 9.47 Å². The fourth-order valence-electron chi connectivity index (χ4n) is 3.26. The lowest BCUT2D eigenvalue weighted by Crippen LogP contribution is -2.44. The van der Waals surface area contributed by atoms with E-state index in [1.54, 1.807) is 14.2 Å². The number of anilines is 1. The molecule has 0 aliphatic carbocycles. The van der Waals surface area contributed by atoms with E-state index in [0.717, 1.165) is 36.5 Å². The molecule has 2 aliphatic heterocycles. The molecule has 2 aliphatic rings. The van der Waals surface area contributed by atoms with Gasteiger partial charge in [0.1, 0.15) is 11.5 Å². The van der Waals surface area contributed by atoms with E-state index in [1.165, 1.54) is 25.1 Å². The molecule has 1 aromatic rings. The van der Waals surface area contributed by atoms with Crippen LogP contribution < -0.4 is 19.7 Å². The number of fused-ring (bicyclic) bond motifs is 1. The fraction of sp³-hybridized carbons (Fsp3) is 0.600. The summed E-state index contributed by atoms with van der Waals surface area (Å²) >= 11 is 0. The van der Waals surface area contributed by atoms with Crippen molar-refractivity contribution in [3.05, 3.63) is 18.2 Å². The minimum absolute atomic E-state index is 0.726. The summed E-state index contributed by atoms with van der Waals surface area (Å²) in [6, 6.07) is 6.85. The highest BCUT2D eigenvalue weighted by Gasteiger charge is 2.32. The highest BCUT2D eigenvalue weighted by molar-refractivity contribution is 5.56. The maximum absolute atomic E-state index is 5.36. The molecule has 0 amide bonds. The maximum atomic E-state index is 5.36. The summed E-state index contributed by atoms with van der Waals surface area (Å²) in [6.07, 6.45) is 2.52. The maximum Gasteiger partial charge on any atom is 0.124 e. The summed E-state index contributed by atoms with van der Waals surface area (Å²) in [5.41, 5.74) is 1.21. The largest absolute Gasteiger partial charge is 0.497 e. The molecule has 4 nitrogen and oxygen atoms in total. The average Bonchev–Trinajstić information content (AvgIpc) is 2.94. The van der Waals surface area contributed by atoms with Crippen LogP contribution in [0.25, 0.3) is 0 Å². The molecule has 2 unspecified atom stereocenters. The molecular weight excluding hydrogens is 240 g/mol. The fourth-order valence-corrected chi connectivity index (χ4v) is 3.26. The Morgan fingerprint density at radius 3 is 2.53 bits per heavy atom. The van der Waals surface area contributed by atoms with Crippen LogP contribution >= 0.6 is 0 Å². The highest BCUT2D eigenvalue weighted by Crippen LogP contribution is 2.33. The average molecular weight is 262 g/mol. The highest BCUT2D eigenvalue weighted by atomic mass is 16.5. The van der Waals surface area contributed by atoms with Gasteiger partial charge in [-0.05, 0) is 25.3 Å². The predicted molar refractivity (Wildman–Crippen MR) is 76.3 cm³/mol. The van der Waals surface area contributed by atoms with Crippen molar-refractivity contribution in [1.29, 1.82) is 0 Å². The number of ether oxygens (including phenoxy) is 2. The van der Waals surface area contributed by atoms with Gasteiger partial charge in [0.15, 0.2) is 0 Å². The molecule has 1 N–H and O–H groups in total. The summed E-state index contributed by atoms with van der Waals surface area (Å²) in [6.45, 7) is 3.41. The van der Waals surface area contributed by atoms with Gasteiger partial charge < -0.3 is 19.7 Å². The number of hydrogen-bond acceptors (Lipinski definition) is 4. The van der Waals surface area contributed by atoms with Crippen molar-refractivity contribution in [2.24, 2.45) is 5.92 Å². The van der Waals surface area contributed by atoms with Crippen LogP contribution in [0.4, 0.5) is 5.69 Å². The van der Waals surface area contributed by atoms with Gasteiger partial charge in [0.05, 0.1) is 14.2 Å². The van der Waals surface area contributed by atoms with Gasteiger partial charge in [-0.1, -0.05) is 0 Å². The van der Waals surface area contributed by atoms with E-state index in [-0.39, 0.29) is 0 Å². The van der Waals surface area contributed by atoms with Crippen molar-refractivity contribution in [3.8, 4) is 11.5 Å². The first-order valence-corrected chi connectivity index (χ1v) is 7.01. The normalized spacial score (nSPS) is 26.1. The number of methoxy groups -OCH3 is 2. The van der Waals surface area contributed by atoms with Gasteiger partial charge in [0, 0.05) is 43.0 Å². The van der Waals surface area contributed by atoms with Crippen LogP contribution in [0.5, 0.6) is 11.5 Å². The van der Waals surface area contributed by atoms with E-state index in [2.05, 4.69) is 22.3 Å². The van der Waals surface area contributed by atoms with Gasteiger partial charge in [-0.3, -0.25) is 0 Å². The Kier molecular flexibility index (Phi) is 3.51. The van der Waals surface area contributed by atoms with E-state index in [0.29, 0.717) is 0 Å². The van der Waals surface area contributed by atoms with Crippen molar-refractivity contribution >= 4 is 5.69 Å². The molecule has 4 heteroatoms. The van der Waals surface area contributed by atoms with Crippen molar-refractivity contribution in [2.45, 2.75) is 18.9 Å². The zero-order chi connectivity index (χ0) is 13.2. The zero-order valence-electron chi connectivity index (χ0n) is 11.7.